The van der Waals surface area contributed by atoms with Crippen LogP contribution in [0.5, 0.6) is 0 Å². The number of rotatable bonds is 6. The van der Waals surface area contributed by atoms with Crippen LogP contribution in [0.3, 0.4) is 0 Å². The molecule has 5 heteroatoms. The number of carbonyl (C=O) groups is 1. The van der Waals surface area contributed by atoms with E-state index in [0.29, 0.717) is 25.8 Å². The maximum absolute atomic E-state index is 12.8. The molecular formula is C17H22FN3O. The Morgan fingerprint density at radius 3 is 2.50 bits per heavy atom. The molecule has 1 heterocycles. The summed E-state index contributed by atoms with van der Waals surface area (Å²) in [7, 11) is 1.91. The van der Waals surface area contributed by atoms with Crippen molar-refractivity contribution in [1.82, 2.24) is 15.1 Å². The molecule has 2 rings (SSSR count). The van der Waals surface area contributed by atoms with E-state index in [2.05, 4.69) is 10.4 Å². The van der Waals surface area contributed by atoms with Crippen LogP contribution >= 0.6 is 0 Å². The summed E-state index contributed by atoms with van der Waals surface area (Å²) in [6.07, 6.45) is 1.86. The summed E-state index contributed by atoms with van der Waals surface area (Å²) in [5.41, 5.74) is 4.26. The number of aromatic nitrogens is 2. The highest BCUT2D eigenvalue weighted by Gasteiger charge is 2.11. The standard InChI is InChI=1S/C17H22FN3O/c1-12-16(13(2)21(3)20-12)8-9-17(22)19-11-10-14-4-6-15(18)7-5-14/h4-7H,8-11H2,1-3H3,(H,19,22). The molecule has 0 atom stereocenters. The molecule has 1 amide bonds. The molecule has 118 valence electrons. The molecule has 1 aromatic carbocycles. The minimum absolute atomic E-state index is 0.0322. The van der Waals surface area contributed by atoms with Crippen molar-refractivity contribution in [3.05, 3.63) is 52.6 Å². The van der Waals surface area contributed by atoms with E-state index in [1.807, 2.05) is 25.6 Å². The van der Waals surface area contributed by atoms with Gasteiger partial charge in [-0.25, -0.2) is 4.39 Å². The molecule has 1 aromatic heterocycles. The Kier molecular flexibility index (Phi) is 5.31. The third-order valence-electron chi connectivity index (χ3n) is 3.91. The van der Waals surface area contributed by atoms with Gasteiger partial charge in [-0.3, -0.25) is 9.48 Å². The average molecular weight is 303 g/mol. The van der Waals surface area contributed by atoms with Crippen LogP contribution in [0, 0.1) is 19.7 Å². The predicted molar refractivity (Wildman–Crippen MR) is 84.1 cm³/mol. The molecule has 1 N–H and O–H groups in total. The first kappa shape index (κ1) is 16.2. The van der Waals surface area contributed by atoms with E-state index < -0.39 is 0 Å². The summed E-state index contributed by atoms with van der Waals surface area (Å²) in [5, 5.41) is 7.25. The van der Waals surface area contributed by atoms with Gasteiger partial charge >= 0.3 is 0 Å². The molecule has 0 aliphatic heterocycles. The second-order valence-electron chi connectivity index (χ2n) is 5.50. The number of halogens is 1. The first-order chi connectivity index (χ1) is 10.5. The fourth-order valence-electron chi connectivity index (χ4n) is 2.50. The fraction of sp³-hybridized carbons (Fsp3) is 0.412. The zero-order chi connectivity index (χ0) is 16.1. The lowest BCUT2D eigenvalue weighted by molar-refractivity contribution is -0.121. The Morgan fingerprint density at radius 2 is 1.91 bits per heavy atom. The second kappa shape index (κ2) is 7.20. The van der Waals surface area contributed by atoms with Crippen LogP contribution in [0.4, 0.5) is 4.39 Å². The van der Waals surface area contributed by atoms with Crippen LogP contribution < -0.4 is 5.32 Å². The van der Waals surface area contributed by atoms with Gasteiger partial charge in [0.25, 0.3) is 0 Å². The first-order valence-electron chi connectivity index (χ1n) is 7.47. The highest BCUT2D eigenvalue weighted by Crippen LogP contribution is 2.13. The third kappa shape index (κ3) is 4.16. The number of nitrogens with one attached hydrogen (secondary N) is 1. The molecule has 0 bridgehead atoms. The van der Waals surface area contributed by atoms with Gasteiger partial charge in [0.05, 0.1) is 5.69 Å². The molecular weight excluding hydrogens is 281 g/mol. The lowest BCUT2D eigenvalue weighted by Gasteiger charge is -2.06. The van der Waals surface area contributed by atoms with E-state index >= 15 is 0 Å². The van der Waals surface area contributed by atoms with Crippen molar-refractivity contribution in [2.45, 2.75) is 33.1 Å². The molecule has 0 unspecified atom stereocenters. The van der Waals surface area contributed by atoms with Gasteiger partial charge in [0, 0.05) is 25.7 Å². The van der Waals surface area contributed by atoms with Crippen LogP contribution in [0.15, 0.2) is 24.3 Å². The van der Waals surface area contributed by atoms with E-state index in [0.717, 1.165) is 22.5 Å². The van der Waals surface area contributed by atoms with Gasteiger partial charge in [-0.15, -0.1) is 0 Å². The van der Waals surface area contributed by atoms with Crippen molar-refractivity contribution in [2.75, 3.05) is 6.54 Å². The molecule has 2 aromatic rings. The number of amides is 1. The van der Waals surface area contributed by atoms with Gasteiger partial charge in [0.1, 0.15) is 5.82 Å². The van der Waals surface area contributed by atoms with Crippen molar-refractivity contribution in [1.29, 1.82) is 0 Å². The van der Waals surface area contributed by atoms with Gasteiger partial charge in [0.15, 0.2) is 0 Å². The molecule has 0 saturated carbocycles. The van der Waals surface area contributed by atoms with Crippen LogP contribution in [-0.2, 0) is 24.7 Å². The highest BCUT2D eigenvalue weighted by atomic mass is 19.1. The summed E-state index contributed by atoms with van der Waals surface area (Å²) in [6.45, 7) is 4.55. The Morgan fingerprint density at radius 1 is 1.23 bits per heavy atom. The van der Waals surface area contributed by atoms with E-state index in [-0.39, 0.29) is 11.7 Å². The van der Waals surface area contributed by atoms with Gasteiger partial charge in [-0.05, 0) is 49.9 Å². The van der Waals surface area contributed by atoms with Crippen molar-refractivity contribution >= 4 is 5.91 Å². The van der Waals surface area contributed by atoms with Crippen LogP contribution in [0.2, 0.25) is 0 Å². The predicted octanol–water partition coefficient (Wildman–Crippen LogP) is 2.47. The molecule has 0 radical (unpaired) electrons. The quantitative estimate of drug-likeness (QED) is 0.891. The third-order valence-corrected chi connectivity index (χ3v) is 3.91. The van der Waals surface area contributed by atoms with E-state index in [9.17, 15) is 9.18 Å². The Bertz CT molecular complexity index is 647. The molecule has 22 heavy (non-hydrogen) atoms. The Hall–Kier alpha value is -2.17. The highest BCUT2D eigenvalue weighted by molar-refractivity contribution is 5.76. The zero-order valence-corrected chi connectivity index (χ0v) is 13.3. The molecule has 4 nitrogen and oxygen atoms in total. The fourth-order valence-corrected chi connectivity index (χ4v) is 2.50. The van der Waals surface area contributed by atoms with E-state index in [1.54, 1.807) is 12.1 Å². The van der Waals surface area contributed by atoms with Gasteiger partial charge in [-0.1, -0.05) is 12.1 Å². The van der Waals surface area contributed by atoms with E-state index in [4.69, 9.17) is 0 Å². The largest absolute Gasteiger partial charge is 0.356 e. The molecule has 0 saturated heterocycles. The number of benzene rings is 1. The summed E-state index contributed by atoms with van der Waals surface area (Å²) in [4.78, 5) is 11.9. The van der Waals surface area contributed by atoms with Crippen LogP contribution in [0.25, 0.3) is 0 Å². The Balaban J connectivity index is 1.75. The lowest BCUT2D eigenvalue weighted by atomic mass is 10.1. The molecule has 0 fully saturated rings. The normalized spacial score (nSPS) is 10.7. The average Bonchev–Trinajstić information content (AvgIpc) is 2.72. The second-order valence-corrected chi connectivity index (χ2v) is 5.50. The summed E-state index contributed by atoms with van der Waals surface area (Å²) >= 11 is 0. The monoisotopic (exact) mass is 303 g/mol. The first-order valence-corrected chi connectivity index (χ1v) is 7.47. The number of hydrogen-bond donors (Lipinski definition) is 1. The summed E-state index contributed by atoms with van der Waals surface area (Å²) in [6, 6.07) is 6.35. The van der Waals surface area contributed by atoms with Crippen molar-refractivity contribution in [3.63, 3.8) is 0 Å². The zero-order valence-electron chi connectivity index (χ0n) is 13.3. The maximum Gasteiger partial charge on any atom is 0.220 e. The molecule has 0 aliphatic carbocycles. The SMILES string of the molecule is Cc1nn(C)c(C)c1CCC(=O)NCCc1ccc(F)cc1. The number of carbonyl (C=O) groups excluding carboxylic acids is 1. The van der Waals surface area contributed by atoms with Crippen molar-refractivity contribution < 1.29 is 9.18 Å². The van der Waals surface area contributed by atoms with Crippen LogP contribution in [-0.4, -0.2) is 22.2 Å². The van der Waals surface area contributed by atoms with E-state index in [1.165, 1.54) is 12.1 Å². The summed E-state index contributed by atoms with van der Waals surface area (Å²) < 4.78 is 14.6. The molecule has 0 spiro atoms. The van der Waals surface area contributed by atoms with Crippen LogP contribution in [0.1, 0.15) is 28.9 Å². The van der Waals surface area contributed by atoms with Crippen molar-refractivity contribution in [3.8, 4) is 0 Å². The number of aryl methyl sites for hydroxylation is 2. The van der Waals surface area contributed by atoms with Gasteiger partial charge in [-0.2, -0.15) is 5.10 Å². The number of nitrogens with zero attached hydrogens (tertiary/aromatic N) is 2. The lowest BCUT2D eigenvalue weighted by Crippen LogP contribution is -2.26. The number of hydrogen-bond acceptors (Lipinski definition) is 2. The smallest absolute Gasteiger partial charge is 0.220 e. The molecule has 0 aliphatic rings. The maximum atomic E-state index is 12.8. The van der Waals surface area contributed by atoms with Crippen molar-refractivity contribution in [2.24, 2.45) is 7.05 Å². The van der Waals surface area contributed by atoms with Gasteiger partial charge < -0.3 is 5.32 Å². The summed E-state index contributed by atoms with van der Waals surface area (Å²) in [5.74, 6) is -0.209. The minimum Gasteiger partial charge on any atom is -0.356 e. The topological polar surface area (TPSA) is 46.9 Å². The Labute approximate surface area is 130 Å². The minimum atomic E-state index is -0.241. The van der Waals surface area contributed by atoms with Gasteiger partial charge in [0.2, 0.25) is 5.91 Å².